The van der Waals surface area contributed by atoms with Gasteiger partial charge in [0.2, 0.25) is 23.5 Å². The number of nitrogens with zero attached hydrogens (tertiary/aromatic N) is 9. The molecule has 0 aliphatic rings. The molecular formula is C44H40Cl6IN9O12. The molecule has 0 bridgehead atoms. The zero-order chi connectivity index (χ0) is 54.0. The van der Waals surface area contributed by atoms with Crippen molar-refractivity contribution < 1.29 is 57.1 Å². The van der Waals surface area contributed by atoms with Crippen molar-refractivity contribution in [2.75, 3.05) is 49.3 Å². The van der Waals surface area contributed by atoms with Crippen LogP contribution in [0.1, 0.15) is 48.4 Å². The monoisotopic (exact) mass is 1220 g/mol. The van der Waals surface area contributed by atoms with Gasteiger partial charge in [-0.1, -0.05) is 93.9 Å². The van der Waals surface area contributed by atoms with Crippen molar-refractivity contribution in [3.05, 3.63) is 130 Å². The van der Waals surface area contributed by atoms with E-state index in [-0.39, 0.29) is 55.2 Å². The minimum Gasteiger partial charge on any atom is -0.481 e. The van der Waals surface area contributed by atoms with Gasteiger partial charge in [-0.05, 0) is 47.7 Å². The molecule has 0 unspecified atom stereocenters. The molecule has 0 amide bonds. The van der Waals surface area contributed by atoms with Crippen LogP contribution in [0.2, 0.25) is 30.8 Å². The number of benzene rings is 1. The van der Waals surface area contributed by atoms with Crippen molar-refractivity contribution in [3.8, 4) is 35.5 Å². The molecule has 6 aromatic heterocycles. The van der Waals surface area contributed by atoms with Crippen molar-refractivity contribution in [3.63, 3.8) is 0 Å². The number of carbonyl (C=O) groups is 5. The Hall–Kier alpha value is -6.41. The van der Waals surface area contributed by atoms with Gasteiger partial charge in [-0.3, -0.25) is 24.0 Å². The molecule has 21 nitrogen and oxygen atoms in total. The molecule has 0 spiro atoms. The summed E-state index contributed by atoms with van der Waals surface area (Å²) in [6.45, 7) is 2.66. The molecule has 0 fully saturated rings. The lowest BCUT2D eigenvalue weighted by molar-refractivity contribution is -0.128. The molecule has 0 saturated carbocycles. The molecule has 7 rings (SSSR count). The first-order valence-corrected chi connectivity index (χ1v) is 22.6. The van der Waals surface area contributed by atoms with Gasteiger partial charge in [0, 0.05) is 33.5 Å². The van der Waals surface area contributed by atoms with Crippen molar-refractivity contribution in [1.29, 1.82) is 0 Å². The summed E-state index contributed by atoms with van der Waals surface area (Å²) < 4.78 is 33.8. The quantitative estimate of drug-likeness (QED) is 0.0476. The van der Waals surface area contributed by atoms with E-state index >= 15 is 0 Å². The summed E-state index contributed by atoms with van der Waals surface area (Å²) in [5.41, 5.74) is 1.69. The minimum absolute atomic E-state index is 0.0127. The van der Waals surface area contributed by atoms with Gasteiger partial charge < -0.3 is 33.2 Å². The van der Waals surface area contributed by atoms with E-state index in [2.05, 4.69) is 72.2 Å². The number of hydrogen-bond acceptors (Lipinski definition) is 21. The largest absolute Gasteiger partial charge is 0.481 e. The maximum absolute atomic E-state index is 10.7. The number of fused-ring (bicyclic) bond motifs is 1. The SMILES string of the molecule is CCOC=O.COc1cc(Cl)nc(OC)n1.COc1ccccn1.COc1nc(Cl)c(C=O)c(OC)n1.COc1nccc(I)c1C=O.O=Cc1c(Cl)nc2ccccc2c1Cl.O=Cc1c(Cl)ncnc1Cl. The third-order valence-electron chi connectivity index (χ3n) is 7.51. The second-order valence-corrected chi connectivity index (χ2v) is 15.1. The zero-order valence-electron chi connectivity index (χ0n) is 38.6. The highest BCUT2D eigenvalue weighted by molar-refractivity contribution is 14.1. The average Bonchev–Trinajstić information content (AvgIpc) is 3.39. The fourth-order valence-corrected chi connectivity index (χ4v) is 6.13. The molecule has 72 heavy (non-hydrogen) atoms. The number of rotatable bonds is 12. The lowest BCUT2D eigenvalue weighted by atomic mass is 10.2. The first-order chi connectivity index (χ1) is 34.6. The molecule has 7 aromatic rings. The Kier molecular flexibility index (Phi) is 32.2. The molecule has 382 valence electrons. The standard InChI is InChI=1S/C10H5Cl2NO.C7H7ClN2O3.C7H6INO2.C6H7ClN2O2.C6H7NO.C5H2Cl2N2O.C3H6O2/c11-9-6-3-1-2-4-8(6)13-10(12)7(9)5-14;1-12-6-4(3-11)5(8)9-7(10-6)13-2;1-11-7-5(4-10)6(8)2-3-9-7;1-10-5-3-4(7)8-6(9-5)11-2;1-8-6-4-2-3-5-7-6;6-4-3(1-10)5(7)9-2-8-4;1-2-5-3-4/h1-5H;3H,1-2H3;2-4H,1H3;3H,1-2H3;2-5H,1H3;1-2H;3H,2H2,1H3. The Morgan fingerprint density at radius 1 is 0.514 bits per heavy atom. The maximum Gasteiger partial charge on any atom is 0.320 e. The van der Waals surface area contributed by atoms with Crippen LogP contribution in [0.4, 0.5) is 0 Å². The number of ether oxygens (including phenoxy) is 7. The van der Waals surface area contributed by atoms with E-state index in [0.717, 1.165) is 15.2 Å². The fraction of sp³-hybridized carbons (Fsp3) is 0.182. The molecule has 0 aliphatic heterocycles. The molecule has 0 N–H and O–H groups in total. The summed E-state index contributed by atoms with van der Waals surface area (Å²) in [6.07, 6.45) is 6.90. The lowest BCUT2D eigenvalue weighted by Crippen LogP contribution is -2.00. The van der Waals surface area contributed by atoms with Crippen LogP contribution in [0.5, 0.6) is 35.5 Å². The summed E-state index contributed by atoms with van der Waals surface area (Å²) >= 11 is 36.0. The number of aromatic nitrogens is 9. The second-order valence-electron chi connectivity index (χ2n) is 11.8. The van der Waals surface area contributed by atoms with Crippen LogP contribution >= 0.6 is 92.2 Å². The van der Waals surface area contributed by atoms with Crippen LogP contribution in [0.25, 0.3) is 10.9 Å². The van der Waals surface area contributed by atoms with Crippen LogP contribution in [-0.2, 0) is 9.53 Å². The van der Waals surface area contributed by atoms with Crippen LogP contribution in [-0.4, -0.2) is 126 Å². The second kappa shape index (κ2) is 36.5. The minimum atomic E-state index is 0.0127. The van der Waals surface area contributed by atoms with Crippen molar-refractivity contribution >= 4 is 135 Å². The summed E-state index contributed by atoms with van der Waals surface area (Å²) in [5.74, 6) is 1.54. The zero-order valence-corrected chi connectivity index (χ0v) is 45.3. The highest BCUT2D eigenvalue weighted by Gasteiger charge is 2.13. The highest BCUT2D eigenvalue weighted by Crippen LogP contribution is 2.29. The number of methoxy groups -OCH3 is 6. The Morgan fingerprint density at radius 2 is 1.08 bits per heavy atom. The van der Waals surface area contributed by atoms with Crippen LogP contribution in [0.3, 0.4) is 0 Å². The van der Waals surface area contributed by atoms with Gasteiger partial charge in [0.25, 0.3) is 6.47 Å². The molecule has 6 heterocycles. The van der Waals surface area contributed by atoms with E-state index < -0.39 is 0 Å². The first-order valence-electron chi connectivity index (χ1n) is 19.3. The summed E-state index contributed by atoms with van der Waals surface area (Å²) in [7, 11) is 8.83. The van der Waals surface area contributed by atoms with Gasteiger partial charge in [0.15, 0.2) is 30.3 Å². The summed E-state index contributed by atoms with van der Waals surface area (Å²) in [4.78, 5) is 85.0. The van der Waals surface area contributed by atoms with Gasteiger partial charge in [0.1, 0.15) is 32.5 Å². The number of halogens is 7. The van der Waals surface area contributed by atoms with Crippen LogP contribution < -0.4 is 28.4 Å². The summed E-state index contributed by atoms with van der Waals surface area (Å²) in [6, 6.07) is 16.3. The van der Waals surface area contributed by atoms with E-state index in [4.69, 9.17) is 98.0 Å². The Balaban J connectivity index is 0.000000427. The predicted molar refractivity (Wildman–Crippen MR) is 278 cm³/mol. The predicted octanol–water partition coefficient (Wildman–Crippen LogP) is 9.83. The Morgan fingerprint density at radius 3 is 1.54 bits per heavy atom. The van der Waals surface area contributed by atoms with Gasteiger partial charge >= 0.3 is 12.0 Å². The topological polar surface area (TPSA) is 266 Å². The number of para-hydroxylation sites is 1. The first kappa shape index (κ1) is 63.6. The molecule has 1 aromatic carbocycles. The van der Waals surface area contributed by atoms with Crippen LogP contribution in [0, 0.1) is 3.57 Å². The van der Waals surface area contributed by atoms with Gasteiger partial charge in [-0.2, -0.15) is 19.9 Å². The number of aldehydes is 4. The fourth-order valence-electron chi connectivity index (χ4n) is 4.27. The third-order valence-corrected chi connectivity index (χ3v) is 10.2. The maximum atomic E-state index is 10.7. The lowest BCUT2D eigenvalue weighted by Gasteiger charge is -2.04. The molecule has 28 heteroatoms. The van der Waals surface area contributed by atoms with Gasteiger partial charge in [0.05, 0.1) is 76.5 Å². The van der Waals surface area contributed by atoms with E-state index in [1.807, 2.05) is 24.3 Å². The highest BCUT2D eigenvalue weighted by atomic mass is 127. The molecule has 0 radical (unpaired) electrons. The van der Waals surface area contributed by atoms with E-state index in [0.29, 0.717) is 70.8 Å². The van der Waals surface area contributed by atoms with E-state index in [1.165, 1.54) is 47.9 Å². The average molecular weight is 1230 g/mol. The smallest absolute Gasteiger partial charge is 0.320 e. The molecule has 0 atom stereocenters. The summed E-state index contributed by atoms with van der Waals surface area (Å²) in [5, 5.41) is 1.71. The molecule has 0 saturated heterocycles. The van der Waals surface area contributed by atoms with Crippen LogP contribution in [0.15, 0.2) is 73.3 Å². The number of pyridine rings is 3. The van der Waals surface area contributed by atoms with E-state index in [1.54, 1.807) is 50.7 Å². The molecular weight excluding hydrogens is 1190 g/mol. The van der Waals surface area contributed by atoms with Crippen molar-refractivity contribution in [1.82, 2.24) is 44.9 Å². The normalized spacial score (nSPS) is 9.31. The van der Waals surface area contributed by atoms with Crippen molar-refractivity contribution in [2.45, 2.75) is 6.92 Å². The Labute approximate surface area is 455 Å². The van der Waals surface area contributed by atoms with E-state index in [9.17, 15) is 24.0 Å². The number of hydrogen-bond donors (Lipinski definition) is 0. The van der Waals surface area contributed by atoms with Gasteiger partial charge in [-0.15, -0.1) is 0 Å². The molecule has 0 aliphatic carbocycles. The number of carbonyl (C=O) groups excluding carboxylic acids is 5. The van der Waals surface area contributed by atoms with Gasteiger partial charge in [-0.25, -0.2) is 24.9 Å². The Bertz CT molecular complexity index is 2770. The third kappa shape index (κ3) is 21.9. The van der Waals surface area contributed by atoms with Crippen molar-refractivity contribution in [2.24, 2.45) is 0 Å².